The summed E-state index contributed by atoms with van der Waals surface area (Å²) in [7, 11) is 2.02. The highest BCUT2D eigenvalue weighted by Crippen LogP contribution is 2.19. The highest BCUT2D eigenvalue weighted by Gasteiger charge is 2.10. The van der Waals surface area contributed by atoms with Crippen molar-refractivity contribution in [3.63, 3.8) is 0 Å². The second kappa shape index (κ2) is 5.35. The molecule has 2 aromatic heterocycles. The summed E-state index contributed by atoms with van der Waals surface area (Å²) in [6, 6.07) is 3.94. The van der Waals surface area contributed by atoms with Crippen molar-refractivity contribution in [1.82, 2.24) is 9.97 Å². The van der Waals surface area contributed by atoms with E-state index in [1.807, 2.05) is 13.1 Å². The molecule has 2 aromatic rings. The number of rotatable bonds is 4. The first-order chi connectivity index (χ1) is 8.56. The highest BCUT2D eigenvalue weighted by atomic mass is 32.1. The molecule has 2 N–H and O–H groups in total. The zero-order chi connectivity index (χ0) is 13.1. The standard InChI is InChI=1S/C13H18N4S/c1-9(2)13-15-11(14)6-12(16-13)17(3)7-10-4-5-18-8-10/h4-6,8-9H,7H2,1-3H3,(H2,14,15,16). The van der Waals surface area contributed by atoms with Crippen LogP contribution in [0.25, 0.3) is 0 Å². The molecule has 96 valence electrons. The second-order valence-corrected chi connectivity index (χ2v) is 5.43. The van der Waals surface area contributed by atoms with Gasteiger partial charge in [0, 0.05) is 25.6 Å². The molecule has 5 heteroatoms. The summed E-state index contributed by atoms with van der Waals surface area (Å²) in [6.07, 6.45) is 0. The first-order valence-electron chi connectivity index (χ1n) is 5.93. The molecule has 0 aliphatic carbocycles. The maximum atomic E-state index is 5.83. The van der Waals surface area contributed by atoms with E-state index in [-0.39, 0.29) is 5.92 Å². The Morgan fingerprint density at radius 2 is 2.17 bits per heavy atom. The summed E-state index contributed by atoms with van der Waals surface area (Å²) in [5, 5.41) is 4.22. The molecule has 2 rings (SSSR count). The molecule has 0 saturated heterocycles. The summed E-state index contributed by atoms with van der Waals surface area (Å²) in [5.41, 5.74) is 7.12. The Hall–Kier alpha value is -1.62. The van der Waals surface area contributed by atoms with Gasteiger partial charge in [-0.1, -0.05) is 13.8 Å². The van der Waals surface area contributed by atoms with E-state index >= 15 is 0 Å². The van der Waals surface area contributed by atoms with Gasteiger partial charge in [0.25, 0.3) is 0 Å². The van der Waals surface area contributed by atoms with E-state index in [0.29, 0.717) is 5.82 Å². The van der Waals surface area contributed by atoms with Gasteiger partial charge in [0.05, 0.1) is 0 Å². The van der Waals surface area contributed by atoms with Crippen LogP contribution in [0, 0.1) is 0 Å². The van der Waals surface area contributed by atoms with Gasteiger partial charge >= 0.3 is 0 Å². The number of anilines is 2. The molecule has 0 radical (unpaired) electrons. The van der Waals surface area contributed by atoms with Gasteiger partial charge in [0.1, 0.15) is 17.5 Å². The summed E-state index contributed by atoms with van der Waals surface area (Å²) < 4.78 is 0. The van der Waals surface area contributed by atoms with E-state index < -0.39 is 0 Å². The predicted octanol–water partition coefficient (Wildman–Crippen LogP) is 2.88. The lowest BCUT2D eigenvalue weighted by atomic mass is 10.2. The van der Waals surface area contributed by atoms with Gasteiger partial charge in [-0.2, -0.15) is 11.3 Å². The molecular formula is C13H18N4S. The average Bonchev–Trinajstić information content (AvgIpc) is 2.80. The van der Waals surface area contributed by atoms with Crippen LogP contribution in [0.1, 0.15) is 31.2 Å². The Kier molecular flexibility index (Phi) is 3.81. The predicted molar refractivity (Wildman–Crippen MR) is 77.0 cm³/mol. The number of hydrogen-bond donors (Lipinski definition) is 1. The van der Waals surface area contributed by atoms with Crippen molar-refractivity contribution in [1.29, 1.82) is 0 Å². The van der Waals surface area contributed by atoms with Crippen LogP contribution >= 0.6 is 11.3 Å². The average molecular weight is 262 g/mol. The van der Waals surface area contributed by atoms with E-state index in [1.165, 1.54) is 5.56 Å². The van der Waals surface area contributed by atoms with Gasteiger partial charge in [-0.15, -0.1) is 0 Å². The fraction of sp³-hybridized carbons (Fsp3) is 0.385. The number of nitrogens with two attached hydrogens (primary N) is 1. The van der Waals surface area contributed by atoms with E-state index in [9.17, 15) is 0 Å². The van der Waals surface area contributed by atoms with Crippen molar-refractivity contribution in [2.75, 3.05) is 17.7 Å². The minimum Gasteiger partial charge on any atom is -0.384 e. The lowest BCUT2D eigenvalue weighted by molar-refractivity contribution is 0.765. The maximum Gasteiger partial charge on any atom is 0.135 e. The van der Waals surface area contributed by atoms with Gasteiger partial charge in [-0.25, -0.2) is 9.97 Å². The van der Waals surface area contributed by atoms with Crippen molar-refractivity contribution in [2.24, 2.45) is 0 Å². The number of hydrogen-bond acceptors (Lipinski definition) is 5. The Morgan fingerprint density at radius 3 is 2.78 bits per heavy atom. The molecule has 0 unspecified atom stereocenters. The van der Waals surface area contributed by atoms with Gasteiger partial charge in [-0.05, 0) is 22.4 Å². The Morgan fingerprint density at radius 1 is 1.39 bits per heavy atom. The summed E-state index contributed by atoms with van der Waals surface area (Å²) in [6.45, 7) is 4.96. The first-order valence-corrected chi connectivity index (χ1v) is 6.87. The van der Waals surface area contributed by atoms with Crippen molar-refractivity contribution < 1.29 is 0 Å². The molecule has 0 amide bonds. The summed E-state index contributed by atoms with van der Waals surface area (Å²) in [4.78, 5) is 10.9. The quantitative estimate of drug-likeness (QED) is 0.920. The van der Waals surface area contributed by atoms with E-state index in [1.54, 1.807) is 11.3 Å². The Balaban J connectivity index is 2.21. The van der Waals surface area contributed by atoms with E-state index in [4.69, 9.17) is 5.73 Å². The van der Waals surface area contributed by atoms with Crippen molar-refractivity contribution in [3.8, 4) is 0 Å². The molecule has 0 saturated carbocycles. The highest BCUT2D eigenvalue weighted by molar-refractivity contribution is 7.07. The third kappa shape index (κ3) is 2.98. The Labute approximate surface area is 111 Å². The normalized spacial score (nSPS) is 10.9. The molecular weight excluding hydrogens is 244 g/mol. The Bertz CT molecular complexity index is 508. The molecule has 0 aliphatic heterocycles. The van der Waals surface area contributed by atoms with E-state index in [2.05, 4.69) is 45.5 Å². The zero-order valence-corrected chi connectivity index (χ0v) is 11.7. The maximum absolute atomic E-state index is 5.83. The van der Waals surface area contributed by atoms with Gasteiger partial charge < -0.3 is 10.6 Å². The minimum atomic E-state index is 0.279. The van der Waals surface area contributed by atoms with Crippen molar-refractivity contribution in [3.05, 3.63) is 34.3 Å². The van der Waals surface area contributed by atoms with Crippen LogP contribution in [0.2, 0.25) is 0 Å². The van der Waals surface area contributed by atoms with Gasteiger partial charge in [0.15, 0.2) is 0 Å². The SMILES string of the molecule is CC(C)c1nc(N)cc(N(C)Cc2ccsc2)n1. The number of aromatic nitrogens is 2. The van der Waals surface area contributed by atoms with Crippen LogP contribution in [-0.4, -0.2) is 17.0 Å². The number of nitrogens with zero attached hydrogens (tertiary/aromatic N) is 3. The van der Waals surface area contributed by atoms with Gasteiger partial charge in [0.2, 0.25) is 0 Å². The van der Waals surface area contributed by atoms with E-state index in [0.717, 1.165) is 18.2 Å². The first kappa shape index (κ1) is 12.8. The molecule has 0 atom stereocenters. The molecule has 0 aromatic carbocycles. The molecule has 0 bridgehead atoms. The third-order valence-electron chi connectivity index (χ3n) is 2.66. The monoisotopic (exact) mass is 262 g/mol. The van der Waals surface area contributed by atoms with Crippen molar-refractivity contribution >= 4 is 23.0 Å². The molecule has 0 fully saturated rings. The molecule has 0 aliphatic rings. The number of thiophene rings is 1. The number of nitrogen functional groups attached to an aromatic ring is 1. The zero-order valence-electron chi connectivity index (χ0n) is 10.9. The summed E-state index contributed by atoms with van der Waals surface area (Å²) >= 11 is 1.70. The van der Waals surface area contributed by atoms with Crippen LogP contribution in [-0.2, 0) is 6.54 Å². The van der Waals surface area contributed by atoms with Gasteiger partial charge in [-0.3, -0.25) is 0 Å². The fourth-order valence-corrected chi connectivity index (χ4v) is 2.32. The fourth-order valence-electron chi connectivity index (χ4n) is 1.66. The van der Waals surface area contributed by atoms with Crippen LogP contribution in [0.5, 0.6) is 0 Å². The molecule has 18 heavy (non-hydrogen) atoms. The third-order valence-corrected chi connectivity index (χ3v) is 3.39. The van der Waals surface area contributed by atoms with Crippen LogP contribution in [0.4, 0.5) is 11.6 Å². The summed E-state index contributed by atoms with van der Waals surface area (Å²) in [5.74, 6) is 2.47. The van der Waals surface area contributed by atoms with Crippen LogP contribution in [0.3, 0.4) is 0 Å². The second-order valence-electron chi connectivity index (χ2n) is 4.65. The topological polar surface area (TPSA) is 55.0 Å². The largest absolute Gasteiger partial charge is 0.384 e. The lowest BCUT2D eigenvalue weighted by Gasteiger charge is -2.19. The molecule has 2 heterocycles. The minimum absolute atomic E-state index is 0.279. The smallest absolute Gasteiger partial charge is 0.135 e. The van der Waals surface area contributed by atoms with Crippen molar-refractivity contribution in [2.45, 2.75) is 26.3 Å². The molecule has 0 spiro atoms. The molecule has 4 nitrogen and oxygen atoms in total. The van der Waals surface area contributed by atoms with Crippen LogP contribution < -0.4 is 10.6 Å². The van der Waals surface area contributed by atoms with Crippen LogP contribution in [0.15, 0.2) is 22.9 Å². The lowest BCUT2D eigenvalue weighted by Crippen LogP contribution is -2.19.